The molecule has 17 heavy (non-hydrogen) atoms. The second kappa shape index (κ2) is 6.35. The van der Waals surface area contributed by atoms with Crippen molar-refractivity contribution in [1.29, 1.82) is 0 Å². The minimum atomic E-state index is -0.819. The van der Waals surface area contributed by atoms with E-state index in [9.17, 15) is 4.79 Å². The fourth-order valence-electron chi connectivity index (χ4n) is 1.60. The average molecular weight is 236 g/mol. The molecule has 0 saturated heterocycles. The van der Waals surface area contributed by atoms with Crippen molar-refractivity contribution >= 4 is 5.97 Å². The summed E-state index contributed by atoms with van der Waals surface area (Å²) < 4.78 is 5.13. The Balaban J connectivity index is 2.97. The van der Waals surface area contributed by atoms with Crippen molar-refractivity contribution in [2.45, 2.75) is 32.7 Å². The Morgan fingerprint density at radius 1 is 1.53 bits per heavy atom. The van der Waals surface area contributed by atoms with E-state index in [1.54, 1.807) is 19.3 Å². The van der Waals surface area contributed by atoms with Crippen LogP contribution in [0.2, 0.25) is 0 Å². The van der Waals surface area contributed by atoms with Gasteiger partial charge in [0.25, 0.3) is 0 Å². The summed E-state index contributed by atoms with van der Waals surface area (Å²) in [4.78, 5) is 16.1. The van der Waals surface area contributed by atoms with Crippen LogP contribution in [0.5, 0.6) is 0 Å². The molecule has 94 valence electrons. The highest BCUT2D eigenvalue weighted by Crippen LogP contribution is 2.21. The van der Waals surface area contributed by atoms with Crippen LogP contribution in [0.1, 0.15) is 32.8 Å². The van der Waals surface area contributed by atoms with Crippen molar-refractivity contribution in [3.05, 3.63) is 30.1 Å². The Hall–Kier alpha value is -1.42. The van der Waals surface area contributed by atoms with Crippen LogP contribution in [0.25, 0.3) is 0 Å². The second-order valence-electron chi connectivity index (χ2n) is 4.01. The minimum absolute atomic E-state index is 0.263. The zero-order chi connectivity index (χ0) is 12.7. The van der Waals surface area contributed by atoms with Gasteiger partial charge in [-0.3, -0.25) is 10.3 Å². The molecular formula is C13H20N2O2. The van der Waals surface area contributed by atoms with E-state index in [4.69, 9.17) is 4.74 Å². The molecule has 0 aliphatic rings. The quantitative estimate of drug-likeness (QED) is 0.766. The fraction of sp³-hybridized carbons (Fsp3) is 0.538. The van der Waals surface area contributed by atoms with Crippen LogP contribution < -0.4 is 5.32 Å². The first-order valence-electron chi connectivity index (χ1n) is 5.98. The third kappa shape index (κ3) is 3.27. The number of esters is 1. The standard InChI is InChI=1S/C13H20N2O2/c1-4-8-15-13(3,12(16)17-5-2)11-7-6-9-14-10-11/h6-7,9-10,15H,4-5,8H2,1-3H3. The van der Waals surface area contributed by atoms with Gasteiger partial charge in [-0.15, -0.1) is 0 Å². The van der Waals surface area contributed by atoms with Gasteiger partial charge in [0.05, 0.1) is 6.61 Å². The zero-order valence-corrected chi connectivity index (χ0v) is 10.7. The molecule has 4 heteroatoms. The van der Waals surface area contributed by atoms with E-state index < -0.39 is 5.54 Å². The topological polar surface area (TPSA) is 51.2 Å². The van der Waals surface area contributed by atoms with Crippen LogP contribution in [0.4, 0.5) is 0 Å². The summed E-state index contributed by atoms with van der Waals surface area (Å²) in [5.74, 6) is -0.263. The van der Waals surface area contributed by atoms with E-state index in [0.29, 0.717) is 6.61 Å². The maximum Gasteiger partial charge on any atom is 0.330 e. The van der Waals surface area contributed by atoms with E-state index in [1.807, 2.05) is 19.1 Å². The number of nitrogens with one attached hydrogen (secondary N) is 1. The van der Waals surface area contributed by atoms with Crippen molar-refractivity contribution in [2.75, 3.05) is 13.2 Å². The Labute approximate surface area is 102 Å². The average Bonchev–Trinajstić information content (AvgIpc) is 2.37. The summed E-state index contributed by atoms with van der Waals surface area (Å²) >= 11 is 0. The van der Waals surface area contributed by atoms with Gasteiger partial charge in [0, 0.05) is 18.0 Å². The summed E-state index contributed by atoms with van der Waals surface area (Å²) in [6.45, 7) is 6.83. The zero-order valence-electron chi connectivity index (χ0n) is 10.7. The lowest BCUT2D eigenvalue weighted by Crippen LogP contribution is -2.48. The second-order valence-corrected chi connectivity index (χ2v) is 4.01. The Kier molecular flexibility index (Phi) is 5.10. The van der Waals surface area contributed by atoms with Gasteiger partial charge in [-0.1, -0.05) is 13.0 Å². The first-order chi connectivity index (χ1) is 8.15. The molecule has 0 saturated carbocycles. The van der Waals surface area contributed by atoms with E-state index in [1.165, 1.54) is 0 Å². The molecule has 1 aromatic rings. The molecule has 0 spiro atoms. The number of nitrogens with zero attached hydrogens (tertiary/aromatic N) is 1. The molecule has 0 radical (unpaired) electrons. The SMILES string of the molecule is CCCNC(C)(C(=O)OCC)c1cccnc1. The lowest BCUT2D eigenvalue weighted by Gasteiger charge is -2.28. The molecule has 1 unspecified atom stereocenters. The summed E-state index contributed by atoms with van der Waals surface area (Å²) in [5.41, 5.74) is 0.00667. The number of carbonyl (C=O) groups is 1. The van der Waals surface area contributed by atoms with Gasteiger partial charge in [0.15, 0.2) is 0 Å². The molecule has 0 fully saturated rings. The third-order valence-corrected chi connectivity index (χ3v) is 2.65. The molecule has 0 aliphatic heterocycles. The lowest BCUT2D eigenvalue weighted by atomic mass is 9.93. The number of rotatable bonds is 6. The maximum atomic E-state index is 12.1. The molecule has 1 atom stereocenters. The molecule has 0 amide bonds. The number of ether oxygens (including phenoxy) is 1. The first-order valence-corrected chi connectivity index (χ1v) is 5.98. The Morgan fingerprint density at radius 2 is 2.29 bits per heavy atom. The molecule has 1 aromatic heterocycles. The van der Waals surface area contributed by atoms with Crippen LogP contribution in [0, 0.1) is 0 Å². The molecule has 1 rings (SSSR count). The minimum Gasteiger partial charge on any atom is -0.464 e. The smallest absolute Gasteiger partial charge is 0.330 e. The van der Waals surface area contributed by atoms with E-state index >= 15 is 0 Å². The van der Waals surface area contributed by atoms with Crippen LogP contribution in [0.15, 0.2) is 24.5 Å². The Bertz CT molecular complexity index is 354. The highest BCUT2D eigenvalue weighted by Gasteiger charge is 2.36. The number of hydrogen-bond donors (Lipinski definition) is 1. The van der Waals surface area contributed by atoms with Gasteiger partial charge in [-0.2, -0.15) is 0 Å². The predicted octanol–water partition coefficient (Wildman–Crippen LogP) is 1.86. The highest BCUT2D eigenvalue weighted by atomic mass is 16.5. The summed E-state index contributed by atoms with van der Waals surface area (Å²) in [5, 5.41) is 3.23. The summed E-state index contributed by atoms with van der Waals surface area (Å²) in [6, 6.07) is 3.70. The van der Waals surface area contributed by atoms with Crippen molar-refractivity contribution in [1.82, 2.24) is 10.3 Å². The fourth-order valence-corrected chi connectivity index (χ4v) is 1.60. The van der Waals surface area contributed by atoms with Crippen molar-refractivity contribution in [3.8, 4) is 0 Å². The van der Waals surface area contributed by atoms with Gasteiger partial charge >= 0.3 is 5.97 Å². The highest BCUT2D eigenvalue weighted by molar-refractivity contribution is 5.82. The van der Waals surface area contributed by atoms with E-state index in [0.717, 1.165) is 18.5 Å². The normalized spacial score (nSPS) is 14.1. The van der Waals surface area contributed by atoms with Gasteiger partial charge < -0.3 is 4.74 Å². The molecule has 1 N–H and O–H groups in total. The molecule has 0 aliphatic carbocycles. The van der Waals surface area contributed by atoms with Gasteiger partial charge in [0.2, 0.25) is 0 Å². The number of carbonyl (C=O) groups excluding carboxylic acids is 1. The van der Waals surface area contributed by atoms with Crippen LogP contribution >= 0.6 is 0 Å². The number of aromatic nitrogens is 1. The number of hydrogen-bond acceptors (Lipinski definition) is 4. The van der Waals surface area contributed by atoms with Crippen LogP contribution in [-0.2, 0) is 15.1 Å². The van der Waals surface area contributed by atoms with Crippen molar-refractivity contribution in [2.24, 2.45) is 0 Å². The van der Waals surface area contributed by atoms with Crippen LogP contribution in [0.3, 0.4) is 0 Å². The predicted molar refractivity (Wildman–Crippen MR) is 66.5 cm³/mol. The Morgan fingerprint density at radius 3 is 2.82 bits per heavy atom. The largest absolute Gasteiger partial charge is 0.464 e. The summed E-state index contributed by atoms with van der Waals surface area (Å²) in [7, 11) is 0. The summed E-state index contributed by atoms with van der Waals surface area (Å²) in [6.07, 6.45) is 4.34. The molecular weight excluding hydrogens is 216 g/mol. The molecule has 1 heterocycles. The maximum absolute atomic E-state index is 12.1. The van der Waals surface area contributed by atoms with E-state index in [2.05, 4.69) is 17.2 Å². The first kappa shape index (κ1) is 13.6. The number of pyridine rings is 1. The van der Waals surface area contributed by atoms with Gasteiger partial charge in [0.1, 0.15) is 5.54 Å². The third-order valence-electron chi connectivity index (χ3n) is 2.65. The molecule has 0 bridgehead atoms. The van der Waals surface area contributed by atoms with Gasteiger partial charge in [-0.05, 0) is 32.9 Å². The van der Waals surface area contributed by atoms with Crippen molar-refractivity contribution < 1.29 is 9.53 Å². The monoisotopic (exact) mass is 236 g/mol. The van der Waals surface area contributed by atoms with Gasteiger partial charge in [-0.25, -0.2) is 4.79 Å². The molecule has 4 nitrogen and oxygen atoms in total. The lowest BCUT2D eigenvalue weighted by molar-refractivity contribution is -0.151. The van der Waals surface area contributed by atoms with Crippen molar-refractivity contribution in [3.63, 3.8) is 0 Å². The molecule has 0 aromatic carbocycles. The van der Waals surface area contributed by atoms with E-state index in [-0.39, 0.29) is 5.97 Å². The van der Waals surface area contributed by atoms with Crippen LogP contribution in [-0.4, -0.2) is 24.1 Å².